The zero-order chi connectivity index (χ0) is 33.8. The first-order valence-electron chi connectivity index (χ1n) is 18.5. The summed E-state index contributed by atoms with van der Waals surface area (Å²) in [4.78, 5) is 22.3. The lowest BCUT2D eigenvalue weighted by atomic mass is 10.1. The predicted octanol–water partition coefficient (Wildman–Crippen LogP) is 10.3. The number of rotatable bonds is 35. The third-order valence-corrected chi connectivity index (χ3v) is 8.56. The van der Waals surface area contributed by atoms with Crippen molar-refractivity contribution in [1.29, 1.82) is 0 Å². The number of carbonyl (C=O) groups is 1. The Labute approximate surface area is 282 Å². The van der Waals surface area contributed by atoms with Crippen LogP contribution in [-0.4, -0.2) is 49.9 Å². The lowest BCUT2D eigenvalue weighted by Crippen LogP contribution is -2.28. The fourth-order valence-corrected chi connectivity index (χ4v) is 5.66. The standard InChI is InChI=1S/C37H70NO7P/c1-3-5-7-9-11-13-15-16-17-18-19-20-21-22-24-26-28-30-37(39)45-36(35-44-46(40,41)43-33-31-38)34-42-32-29-27-25-23-14-12-10-8-6-4-2/h5,7,11,13,16-17,36H,3-4,6,8-10,12,14-15,18-35,38H2,1-2H3,(H,40,41)/b7-5-,13-11-,17-16-. The first-order chi connectivity index (χ1) is 22.4. The molecule has 0 fully saturated rings. The number of nitrogens with two attached hydrogens (primary N) is 1. The summed E-state index contributed by atoms with van der Waals surface area (Å²) in [7, 11) is -4.27. The topological polar surface area (TPSA) is 117 Å². The van der Waals surface area contributed by atoms with Crippen molar-refractivity contribution >= 4 is 13.8 Å². The van der Waals surface area contributed by atoms with Crippen LogP contribution in [0.1, 0.15) is 155 Å². The Kier molecular flexibility index (Phi) is 34.1. The van der Waals surface area contributed by atoms with E-state index in [-0.39, 0.29) is 32.3 Å². The summed E-state index contributed by atoms with van der Waals surface area (Å²) in [6, 6.07) is 0. The Balaban J connectivity index is 4.09. The second-order valence-electron chi connectivity index (χ2n) is 12.1. The monoisotopic (exact) mass is 671 g/mol. The molecule has 0 bridgehead atoms. The number of esters is 1. The fraction of sp³-hybridized carbons (Fsp3) is 0.811. The SMILES string of the molecule is CC/C=C\C/C=C\C/C=C\CCCCCCCCCC(=O)OC(COCCCCCCCCCCCC)COP(=O)(O)OCCN. The third kappa shape index (κ3) is 34.1. The van der Waals surface area contributed by atoms with Crippen LogP contribution in [0.15, 0.2) is 36.5 Å². The first-order valence-corrected chi connectivity index (χ1v) is 20.0. The van der Waals surface area contributed by atoms with E-state index in [2.05, 4.69) is 50.3 Å². The molecule has 0 saturated heterocycles. The highest BCUT2D eigenvalue weighted by Crippen LogP contribution is 2.43. The molecule has 0 aliphatic heterocycles. The summed E-state index contributed by atoms with van der Waals surface area (Å²) in [5.41, 5.74) is 5.34. The molecule has 0 aromatic rings. The van der Waals surface area contributed by atoms with E-state index in [1.165, 1.54) is 77.0 Å². The zero-order valence-electron chi connectivity index (χ0n) is 29.6. The molecule has 46 heavy (non-hydrogen) atoms. The average molecular weight is 672 g/mol. The minimum atomic E-state index is -4.27. The highest BCUT2D eigenvalue weighted by atomic mass is 31.2. The molecule has 0 aliphatic rings. The van der Waals surface area contributed by atoms with Crippen LogP contribution in [0.3, 0.4) is 0 Å². The van der Waals surface area contributed by atoms with Crippen molar-refractivity contribution in [1.82, 2.24) is 0 Å². The summed E-state index contributed by atoms with van der Waals surface area (Å²) < 4.78 is 33.2. The third-order valence-electron chi connectivity index (χ3n) is 7.57. The molecule has 0 aromatic carbocycles. The first kappa shape index (κ1) is 44.7. The van der Waals surface area contributed by atoms with Crippen molar-refractivity contribution in [3.8, 4) is 0 Å². The van der Waals surface area contributed by atoms with Gasteiger partial charge in [0.1, 0.15) is 6.10 Å². The maximum absolute atomic E-state index is 12.5. The molecule has 3 N–H and O–H groups in total. The van der Waals surface area contributed by atoms with E-state index < -0.39 is 13.9 Å². The van der Waals surface area contributed by atoms with Crippen LogP contribution in [0.5, 0.6) is 0 Å². The molecule has 2 unspecified atom stereocenters. The summed E-state index contributed by atoms with van der Waals surface area (Å²) in [6.45, 7) is 4.78. The minimum Gasteiger partial charge on any atom is -0.457 e. The molecular weight excluding hydrogens is 601 g/mol. The number of hydrogen-bond donors (Lipinski definition) is 2. The molecule has 0 aromatic heterocycles. The molecule has 0 spiro atoms. The fourth-order valence-electron chi connectivity index (χ4n) is 4.89. The zero-order valence-corrected chi connectivity index (χ0v) is 30.4. The number of hydrogen-bond acceptors (Lipinski definition) is 7. The van der Waals surface area contributed by atoms with Crippen LogP contribution in [-0.2, 0) is 27.9 Å². The molecule has 2 atom stereocenters. The molecule has 0 heterocycles. The van der Waals surface area contributed by atoms with E-state index in [0.717, 1.165) is 57.8 Å². The Bertz CT molecular complexity index is 803. The highest BCUT2D eigenvalue weighted by molar-refractivity contribution is 7.47. The normalized spacial score (nSPS) is 14.1. The molecular formula is C37H70NO7P. The van der Waals surface area contributed by atoms with Gasteiger partial charge in [0.25, 0.3) is 0 Å². The summed E-state index contributed by atoms with van der Waals surface area (Å²) in [5, 5.41) is 0. The van der Waals surface area contributed by atoms with Gasteiger partial charge in [0.15, 0.2) is 0 Å². The van der Waals surface area contributed by atoms with Gasteiger partial charge in [-0.15, -0.1) is 0 Å². The second-order valence-corrected chi connectivity index (χ2v) is 13.5. The number of phosphoric ester groups is 1. The van der Waals surface area contributed by atoms with Crippen molar-refractivity contribution in [3.63, 3.8) is 0 Å². The average Bonchev–Trinajstić information content (AvgIpc) is 3.04. The summed E-state index contributed by atoms with van der Waals surface area (Å²) in [5.74, 6) is -0.342. The van der Waals surface area contributed by atoms with E-state index in [1.807, 2.05) is 0 Å². The number of allylic oxidation sites excluding steroid dienone is 6. The van der Waals surface area contributed by atoms with Gasteiger partial charge < -0.3 is 20.1 Å². The van der Waals surface area contributed by atoms with Crippen LogP contribution in [0, 0.1) is 0 Å². The van der Waals surface area contributed by atoms with Crippen LogP contribution in [0.4, 0.5) is 0 Å². The molecule has 0 radical (unpaired) electrons. The van der Waals surface area contributed by atoms with Crippen molar-refractivity contribution in [3.05, 3.63) is 36.5 Å². The van der Waals surface area contributed by atoms with Gasteiger partial charge in [0.2, 0.25) is 0 Å². The molecule has 270 valence electrons. The van der Waals surface area contributed by atoms with E-state index >= 15 is 0 Å². The molecule has 0 saturated carbocycles. The molecule has 9 heteroatoms. The van der Waals surface area contributed by atoms with E-state index in [1.54, 1.807) is 0 Å². The Morgan fingerprint density at radius 3 is 1.83 bits per heavy atom. The van der Waals surface area contributed by atoms with E-state index in [9.17, 15) is 14.3 Å². The second kappa shape index (κ2) is 35.0. The lowest BCUT2D eigenvalue weighted by Gasteiger charge is -2.20. The smallest absolute Gasteiger partial charge is 0.457 e. The van der Waals surface area contributed by atoms with Gasteiger partial charge in [-0.05, 0) is 44.9 Å². The van der Waals surface area contributed by atoms with Gasteiger partial charge in [-0.3, -0.25) is 13.8 Å². The Hall–Kier alpha value is -1.28. The number of carbonyl (C=O) groups excluding carboxylic acids is 1. The van der Waals surface area contributed by atoms with Crippen molar-refractivity contribution in [2.24, 2.45) is 5.73 Å². The highest BCUT2D eigenvalue weighted by Gasteiger charge is 2.25. The van der Waals surface area contributed by atoms with Gasteiger partial charge in [-0.25, -0.2) is 4.57 Å². The van der Waals surface area contributed by atoms with Gasteiger partial charge in [0.05, 0.1) is 19.8 Å². The van der Waals surface area contributed by atoms with Gasteiger partial charge >= 0.3 is 13.8 Å². The number of ether oxygens (including phenoxy) is 2. The summed E-state index contributed by atoms with van der Waals surface area (Å²) >= 11 is 0. The van der Waals surface area contributed by atoms with Crippen LogP contribution < -0.4 is 5.73 Å². The Morgan fingerprint density at radius 1 is 0.674 bits per heavy atom. The van der Waals surface area contributed by atoms with Gasteiger partial charge in [0, 0.05) is 19.6 Å². The summed E-state index contributed by atoms with van der Waals surface area (Å²) in [6.07, 6.45) is 37.2. The van der Waals surface area contributed by atoms with Crippen LogP contribution in [0.25, 0.3) is 0 Å². The molecule has 8 nitrogen and oxygen atoms in total. The predicted molar refractivity (Wildman–Crippen MR) is 192 cm³/mol. The van der Waals surface area contributed by atoms with Crippen LogP contribution in [0.2, 0.25) is 0 Å². The molecule has 0 amide bonds. The van der Waals surface area contributed by atoms with Crippen molar-refractivity contribution in [2.45, 2.75) is 161 Å². The van der Waals surface area contributed by atoms with E-state index in [4.69, 9.17) is 24.3 Å². The minimum absolute atomic E-state index is 0.0973. The number of unbranched alkanes of at least 4 members (excludes halogenated alkanes) is 16. The van der Waals surface area contributed by atoms with Crippen LogP contribution >= 0.6 is 7.82 Å². The van der Waals surface area contributed by atoms with Gasteiger partial charge in [-0.1, -0.05) is 140 Å². The largest absolute Gasteiger partial charge is 0.472 e. The Morgan fingerprint density at radius 2 is 1.22 bits per heavy atom. The lowest BCUT2D eigenvalue weighted by molar-refractivity contribution is -0.154. The quantitative estimate of drug-likeness (QED) is 0.0296. The molecule has 0 aliphatic carbocycles. The maximum Gasteiger partial charge on any atom is 0.472 e. The van der Waals surface area contributed by atoms with Gasteiger partial charge in [-0.2, -0.15) is 0 Å². The number of phosphoric acid groups is 1. The van der Waals surface area contributed by atoms with E-state index in [0.29, 0.717) is 13.0 Å². The molecule has 0 rings (SSSR count). The van der Waals surface area contributed by atoms with Crippen molar-refractivity contribution < 1.29 is 32.8 Å². The van der Waals surface area contributed by atoms with Crippen molar-refractivity contribution in [2.75, 3.05) is 33.0 Å². The maximum atomic E-state index is 12.5.